The first-order valence-corrected chi connectivity index (χ1v) is 6.44. The molecule has 3 rings (SSSR count). The van der Waals surface area contributed by atoms with E-state index in [1.165, 1.54) is 5.39 Å². The molecule has 0 aliphatic rings. The molecule has 0 saturated carbocycles. The summed E-state index contributed by atoms with van der Waals surface area (Å²) in [4.78, 5) is 11.3. The van der Waals surface area contributed by atoms with E-state index in [2.05, 4.69) is 24.3 Å². The lowest BCUT2D eigenvalue weighted by Crippen LogP contribution is -1.90. The van der Waals surface area contributed by atoms with Gasteiger partial charge in [-0.25, -0.2) is 0 Å². The zero-order chi connectivity index (χ0) is 13.9. The first-order valence-electron chi connectivity index (χ1n) is 6.44. The minimum Gasteiger partial charge on any atom is -0.497 e. The highest BCUT2D eigenvalue weighted by Crippen LogP contribution is 2.29. The van der Waals surface area contributed by atoms with Crippen LogP contribution in [0.15, 0.2) is 60.7 Å². The Morgan fingerprint density at radius 1 is 0.900 bits per heavy atom. The average molecular weight is 262 g/mol. The van der Waals surface area contributed by atoms with Gasteiger partial charge in [0, 0.05) is 5.56 Å². The minimum atomic E-state index is 0.639. The van der Waals surface area contributed by atoms with Crippen molar-refractivity contribution in [3.8, 4) is 16.9 Å². The van der Waals surface area contributed by atoms with E-state index < -0.39 is 0 Å². The predicted molar refractivity (Wildman–Crippen MR) is 81.3 cm³/mol. The largest absolute Gasteiger partial charge is 0.497 e. The molecule has 0 radical (unpaired) electrons. The molecule has 3 aromatic rings. The molecule has 0 fully saturated rings. The molecule has 0 unspecified atom stereocenters. The van der Waals surface area contributed by atoms with E-state index in [1.807, 2.05) is 30.3 Å². The zero-order valence-corrected chi connectivity index (χ0v) is 11.2. The number of carbonyl (C=O) groups is 1. The fraction of sp³-hybridized carbons (Fsp3) is 0.0556. The van der Waals surface area contributed by atoms with Gasteiger partial charge in [0.1, 0.15) is 5.75 Å². The fourth-order valence-electron chi connectivity index (χ4n) is 2.39. The maximum atomic E-state index is 11.3. The van der Waals surface area contributed by atoms with Crippen LogP contribution in [0.4, 0.5) is 0 Å². The molecular formula is C18H14O2. The van der Waals surface area contributed by atoms with Crippen LogP contribution in [0.3, 0.4) is 0 Å². The third-order valence-corrected chi connectivity index (χ3v) is 3.45. The van der Waals surface area contributed by atoms with Crippen LogP contribution in [-0.2, 0) is 0 Å². The first kappa shape index (κ1) is 12.4. The molecule has 0 amide bonds. The van der Waals surface area contributed by atoms with Crippen LogP contribution in [0, 0.1) is 0 Å². The standard InChI is InChI=1S/C18H14O2/c1-20-17-8-9-18(16(11-17)12-19)15-7-6-13-4-2-3-5-14(13)10-15/h2-12H,1H3. The Hall–Kier alpha value is -2.61. The van der Waals surface area contributed by atoms with Gasteiger partial charge in [-0.1, -0.05) is 36.4 Å². The lowest BCUT2D eigenvalue weighted by molar-refractivity contribution is 0.112. The van der Waals surface area contributed by atoms with Gasteiger partial charge >= 0.3 is 0 Å². The van der Waals surface area contributed by atoms with Crippen molar-refractivity contribution < 1.29 is 9.53 Å². The van der Waals surface area contributed by atoms with Gasteiger partial charge in [0.25, 0.3) is 0 Å². The second-order valence-corrected chi connectivity index (χ2v) is 4.63. The smallest absolute Gasteiger partial charge is 0.150 e. The highest BCUT2D eigenvalue weighted by Gasteiger charge is 2.07. The summed E-state index contributed by atoms with van der Waals surface area (Å²) >= 11 is 0. The van der Waals surface area contributed by atoms with Crippen molar-refractivity contribution in [2.24, 2.45) is 0 Å². The summed E-state index contributed by atoms with van der Waals surface area (Å²) in [5, 5.41) is 2.36. The third-order valence-electron chi connectivity index (χ3n) is 3.45. The van der Waals surface area contributed by atoms with Crippen LogP contribution in [0.2, 0.25) is 0 Å². The normalized spacial score (nSPS) is 10.4. The van der Waals surface area contributed by atoms with E-state index in [9.17, 15) is 4.79 Å². The van der Waals surface area contributed by atoms with Crippen molar-refractivity contribution in [2.75, 3.05) is 7.11 Å². The second kappa shape index (κ2) is 5.17. The summed E-state index contributed by atoms with van der Waals surface area (Å²) < 4.78 is 5.16. The third kappa shape index (κ3) is 2.16. The Morgan fingerprint density at radius 3 is 2.45 bits per heavy atom. The molecule has 0 N–H and O–H groups in total. The molecule has 0 aromatic heterocycles. The van der Waals surface area contributed by atoms with E-state index in [4.69, 9.17) is 4.74 Å². The molecule has 0 bridgehead atoms. The highest BCUT2D eigenvalue weighted by molar-refractivity contribution is 5.92. The van der Waals surface area contributed by atoms with Gasteiger partial charge < -0.3 is 4.74 Å². The molecule has 0 saturated heterocycles. The number of aldehydes is 1. The van der Waals surface area contributed by atoms with E-state index in [0.29, 0.717) is 11.3 Å². The van der Waals surface area contributed by atoms with Crippen LogP contribution in [0.1, 0.15) is 10.4 Å². The lowest BCUT2D eigenvalue weighted by atomic mass is 9.97. The fourth-order valence-corrected chi connectivity index (χ4v) is 2.39. The number of hydrogen-bond acceptors (Lipinski definition) is 2. The number of benzene rings is 3. The lowest BCUT2D eigenvalue weighted by Gasteiger charge is -2.08. The van der Waals surface area contributed by atoms with Crippen molar-refractivity contribution in [3.05, 3.63) is 66.2 Å². The number of ether oxygens (including phenoxy) is 1. The zero-order valence-electron chi connectivity index (χ0n) is 11.2. The molecule has 3 aromatic carbocycles. The van der Waals surface area contributed by atoms with Crippen molar-refractivity contribution in [3.63, 3.8) is 0 Å². The second-order valence-electron chi connectivity index (χ2n) is 4.63. The predicted octanol–water partition coefficient (Wildman–Crippen LogP) is 4.33. The minimum absolute atomic E-state index is 0.639. The summed E-state index contributed by atoms with van der Waals surface area (Å²) in [5.74, 6) is 0.691. The molecule has 2 heteroatoms. The summed E-state index contributed by atoms with van der Waals surface area (Å²) in [6.07, 6.45) is 0.868. The molecule has 20 heavy (non-hydrogen) atoms. The maximum absolute atomic E-state index is 11.3. The van der Waals surface area contributed by atoms with E-state index in [1.54, 1.807) is 13.2 Å². The first-order chi connectivity index (χ1) is 9.81. The topological polar surface area (TPSA) is 26.3 Å². The Morgan fingerprint density at radius 2 is 1.70 bits per heavy atom. The summed E-state index contributed by atoms with van der Waals surface area (Å²) in [7, 11) is 1.60. The van der Waals surface area contributed by atoms with Gasteiger partial charge in [-0.2, -0.15) is 0 Å². The molecule has 0 atom stereocenters. The van der Waals surface area contributed by atoms with Crippen molar-refractivity contribution in [2.45, 2.75) is 0 Å². The van der Waals surface area contributed by atoms with Crippen molar-refractivity contribution >= 4 is 17.1 Å². The quantitative estimate of drug-likeness (QED) is 0.657. The highest BCUT2D eigenvalue weighted by atomic mass is 16.5. The molecular weight excluding hydrogens is 248 g/mol. The van der Waals surface area contributed by atoms with E-state index in [0.717, 1.165) is 22.8 Å². The van der Waals surface area contributed by atoms with Gasteiger partial charge in [0.05, 0.1) is 7.11 Å². The average Bonchev–Trinajstić information content (AvgIpc) is 2.53. The molecule has 0 aliphatic carbocycles. The Balaban J connectivity index is 2.17. The van der Waals surface area contributed by atoms with E-state index >= 15 is 0 Å². The van der Waals surface area contributed by atoms with Crippen LogP contribution in [0.25, 0.3) is 21.9 Å². The number of rotatable bonds is 3. The van der Waals surface area contributed by atoms with E-state index in [-0.39, 0.29) is 0 Å². The van der Waals surface area contributed by atoms with Gasteiger partial charge in [0.15, 0.2) is 6.29 Å². The molecule has 98 valence electrons. The van der Waals surface area contributed by atoms with Gasteiger partial charge in [-0.3, -0.25) is 4.79 Å². The van der Waals surface area contributed by atoms with Crippen molar-refractivity contribution in [1.29, 1.82) is 0 Å². The molecule has 0 aliphatic heterocycles. The number of methoxy groups -OCH3 is 1. The summed E-state index contributed by atoms with van der Waals surface area (Å²) in [5.41, 5.74) is 2.60. The SMILES string of the molecule is COc1ccc(-c2ccc3ccccc3c2)c(C=O)c1. The monoisotopic (exact) mass is 262 g/mol. The summed E-state index contributed by atoms with van der Waals surface area (Å²) in [6, 6.07) is 20.0. The molecule has 2 nitrogen and oxygen atoms in total. The summed E-state index contributed by atoms with van der Waals surface area (Å²) in [6.45, 7) is 0. The van der Waals surface area contributed by atoms with Crippen LogP contribution in [0.5, 0.6) is 5.75 Å². The van der Waals surface area contributed by atoms with Crippen LogP contribution < -0.4 is 4.74 Å². The Bertz CT molecular complexity index is 775. The Labute approximate surface area is 117 Å². The number of hydrogen-bond donors (Lipinski definition) is 0. The maximum Gasteiger partial charge on any atom is 0.150 e. The number of carbonyl (C=O) groups excluding carboxylic acids is 1. The number of fused-ring (bicyclic) bond motifs is 1. The van der Waals surface area contributed by atoms with Crippen molar-refractivity contribution in [1.82, 2.24) is 0 Å². The molecule has 0 spiro atoms. The van der Waals surface area contributed by atoms with Gasteiger partial charge in [0.2, 0.25) is 0 Å². The van der Waals surface area contributed by atoms with Gasteiger partial charge in [-0.15, -0.1) is 0 Å². The van der Waals surface area contributed by atoms with Gasteiger partial charge in [-0.05, 0) is 46.2 Å². The molecule has 0 heterocycles. The van der Waals surface area contributed by atoms with Crippen LogP contribution in [-0.4, -0.2) is 13.4 Å². The Kier molecular flexibility index (Phi) is 3.21. The van der Waals surface area contributed by atoms with Crippen LogP contribution >= 0.6 is 0 Å².